The third-order valence-electron chi connectivity index (χ3n) is 8.74. The van der Waals surface area contributed by atoms with Gasteiger partial charge in [0.05, 0.1) is 0 Å². The van der Waals surface area contributed by atoms with Crippen LogP contribution in [-0.2, 0) is 0 Å². The molecule has 0 aromatic heterocycles. The van der Waals surface area contributed by atoms with E-state index in [-0.39, 0.29) is 0 Å². The maximum Gasteiger partial charge on any atom is 0.0132 e. The normalized spacial score (nSPS) is 34.7. The van der Waals surface area contributed by atoms with Gasteiger partial charge in [0.15, 0.2) is 0 Å². The zero-order chi connectivity index (χ0) is 17.6. The Balaban J connectivity index is 1.29. The fourth-order valence-electron chi connectivity index (χ4n) is 6.84. The van der Waals surface area contributed by atoms with E-state index in [2.05, 4.69) is 4.90 Å². The fraction of sp³-hybridized carbons (Fsp3) is 1.00. The van der Waals surface area contributed by atoms with Crippen molar-refractivity contribution in [2.45, 2.75) is 134 Å². The Hall–Kier alpha value is -0.0400. The average molecular weight is 360 g/mol. The second-order valence-corrected chi connectivity index (χ2v) is 10.4. The van der Waals surface area contributed by atoms with Gasteiger partial charge in [-0.1, -0.05) is 77.0 Å². The first-order valence-corrected chi connectivity index (χ1v) is 12.7. The highest BCUT2D eigenvalue weighted by Crippen LogP contribution is 2.53. The first-order valence-electron chi connectivity index (χ1n) is 12.7. The minimum atomic E-state index is 0.944. The van der Waals surface area contributed by atoms with Gasteiger partial charge in [0.1, 0.15) is 0 Å². The molecule has 0 aromatic carbocycles. The molecule has 0 heterocycles. The second kappa shape index (κ2) is 9.94. The second-order valence-electron chi connectivity index (χ2n) is 10.4. The van der Waals surface area contributed by atoms with Gasteiger partial charge in [0.25, 0.3) is 0 Å². The molecule has 150 valence electrons. The van der Waals surface area contributed by atoms with Crippen LogP contribution in [0.2, 0.25) is 0 Å². The summed E-state index contributed by atoms with van der Waals surface area (Å²) in [6.45, 7) is 1.44. The van der Waals surface area contributed by atoms with E-state index in [0.29, 0.717) is 0 Å². The Morgan fingerprint density at radius 1 is 0.615 bits per heavy atom. The molecule has 3 unspecified atom stereocenters. The maximum atomic E-state index is 3.09. The maximum absolute atomic E-state index is 3.09. The SMILES string of the molecule is C1CCCC(CCCN(C2CCCCCCC2)C2CC3CCC32)CCC1. The molecular formula is C25H45N. The lowest BCUT2D eigenvalue weighted by Crippen LogP contribution is -2.60. The first-order chi connectivity index (χ1) is 12.9. The number of nitrogens with zero attached hydrogens (tertiary/aromatic N) is 1. The Morgan fingerprint density at radius 3 is 1.77 bits per heavy atom. The minimum Gasteiger partial charge on any atom is -0.297 e. The lowest BCUT2D eigenvalue weighted by atomic mass is 9.55. The summed E-state index contributed by atoms with van der Waals surface area (Å²) in [6.07, 6.45) is 28.9. The first kappa shape index (κ1) is 19.3. The van der Waals surface area contributed by atoms with Crippen molar-refractivity contribution in [3.8, 4) is 0 Å². The zero-order valence-electron chi connectivity index (χ0n) is 17.5. The van der Waals surface area contributed by atoms with Crippen molar-refractivity contribution >= 4 is 0 Å². The molecule has 0 spiro atoms. The third kappa shape index (κ3) is 4.86. The summed E-state index contributed by atoms with van der Waals surface area (Å²) in [5.41, 5.74) is 0. The number of hydrogen-bond acceptors (Lipinski definition) is 1. The van der Waals surface area contributed by atoms with Crippen LogP contribution in [0.5, 0.6) is 0 Å². The number of rotatable bonds is 6. The topological polar surface area (TPSA) is 3.24 Å². The van der Waals surface area contributed by atoms with E-state index in [1.54, 1.807) is 19.3 Å². The molecule has 0 aromatic rings. The van der Waals surface area contributed by atoms with Crippen molar-refractivity contribution in [1.82, 2.24) is 4.90 Å². The summed E-state index contributed by atoms with van der Waals surface area (Å²) in [4.78, 5) is 3.09. The molecule has 4 aliphatic rings. The van der Waals surface area contributed by atoms with E-state index in [4.69, 9.17) is 0 Å². The van der Waals surface area contributed by atoms with Gasteiger partial charge in [0.2, 0.25) is 0 Å². The van der Waals surface area contributed by atoms with Crippen LogP contribution in [0, 0.1) is 17.8 Å². The van der Waals surface area contributed by atoms with Gasteiger partial charge < -0.3 is 0 Å². The molecule has 0 radical (unpaired) electrons. The predicted molar refractivity (Wildman–Crippen MR) is 112 cm³/mol. The monoisotopic (exact) mass is 359 g/mol. The summed E-state index contributed by atoms with van der Waals surface area (Å²) in [5, 5.41) is 0. The van der Waals surface area contributed by atoms with Crippen LogP contribution in [0.15, 0.2) is 0 Å². The van der Waals surface area contributed by atoms with Crippen molar-refractivity contribution in [3.05, 3.63) is 0 Å². The molecular weight excluding hydrogens is 314 g/mol. The molecule has 0 amide bonds. The predicted octanol–water partition coefficient (Wildman–Crippen LogP) is 7.34. The van der Waals surface area contributed by atoms with Crippen molar-refractivity contribution in [1.29, 1.82) is 0 Å². The zero-order valence-corrected chi connectivity index (χ0v) is 17.5. The van der Waals surface area contributed by atoms with Crippen LogP contribution in [0.4, 0.5) is 0 Å². The van der Waals surface area contributed by atoms with Gasteiger partial charge in [-0.2, -0.15) is 0 Å². The van der Waals surface area contributed by atoms with Crippen LogP contribution in [0.1, 0.15) is 122 Å². The van der Waals surface area contributed by atoms with Crippen molar-refractivity contribution < 1.29 is 0 Å². The molecule has 4 saturated carbocycles. The average Bonchev–Trinajstić information content (AvgIpc) is 2.57. The van der Waals surface area contributed by atoms with E-state index in [9.17, 15) is 0 Å². The Kier molecular flexibility index (Phi) is 7.38. The Morgan fingerprint density at radius 2 is 1.23 bits per heavy atom. The lowest BCUT2D eigenvalue weighted by molar-refractivity contribution is -0.0836. The Labute approximate surface area is 163 Å². The van der Waals surface area contributed by atoms with Gasteiger partial charge in [-0.15, -0.1) is 0 Å². The molecule has 26 heavy (non-hydrogen) atoms. The number of fused-ring (bicyclic) bond motifs is 1. The largest absolute Gasteiger partial charge is 0.297 e. The molecule has 4 aliphatic carbocycles. The van der Waals surface area contributed by atoms with Gasteiger partial charge in [-0.3, -0.25) is 4.90 Å². The van der Waals surface area contributed by atoms with Gasteiger partial charge in [-0.25, -0.2) is 0 Å². The van der Waals surface area contributed by atoms with Crippen molar-refractivity contribution in [2.75, 3.05) is 6.54 Å². The van der Waals surface area contributed by atoms with E-state index < -0.39 is 0 Å². The Bertz CT molecular complexity index is 389. The van der Waals surface area contributed by atoms with Crippen LogP contribution in [-0.4, -0.2) is 23.5 Å². The summed E-state index contributed by atoms with van der Waals surface area (Å²) in [6, 6.07) is 1.94. The smallest absolute Gasteiger partial charge is 0.0132 e. The molecule has 1 nitrogen and oxygen atoms in total. The highest BCUT2D eigenvalue weighted by molar-refractivity contribution is 5.03. The highest BCUT2D eigenvalue weighted by Gasteiger charge is 2.50. The van der Waals surface area contributed by atoms with Crippen LogP contribution < -0.4 is 0 Å². The van der Waals surface area contributed by atoms with E-state index in [0.717, 1.165) is 29.8 Å². The molecule has 0 aliphatic heterocycles. The third-order valence-corrected chi connectivity index (χ3v) is 8.74. The fourth-order valence-corrected chi connectivity index (χ4v) is 6.84. The molecule has 0 N–H and O–H groups in total. The molecule has 1 heteroatoms. The summed E-state index contributed by atoms with van der Waals surface area (Å²) >= 11 is 0. The van der Waals surface area contributed by atoms with Crippen LogP contribution in [0.3, 0.4) is 0 Å². The summed E-state index contributed by atoms with van der Waals surface area (Å²) in [7, 11) is 0. The molecule has 0 bridgehead atoms. The summed E-state index contributed by atoms with van der Waals surface area (Å²) in [5.74, 6) is 3.32. The molecule has 0 saturated heterocycles. The van der Waals surface area contributed by atoms with E-state index in [1.165, 1.54) is 109 Å². The molecule has 3 atom stereocenters. The van der Waals surface area contributed by atoms with Crippen LogP contribution in [0.25, 0.3) is 0 Å². The van der Waals surface area contributed by atoms with Gasteiger partial charge in [-0.05, 0) is 69.2 Å². The molecule has 4 fully saturated rings. The summed E-state index contributed by atoms with van der Waals surface area (Å²) < 4.78 is 0. The van der Waals surface area contributed by atoms with Gasteiger partial charge in [0, 0.05) is 12.1 Å². The minimum absolute atomic E-state index is 0.944. The number of hydrogen-bond donors (Lipinski definition) is 0. The lowest BCUT2D eigenvalue weighted by Gasteiger charge is -2.59. The van der Waals surface area contributed by atoms with Gasteiger partial charge >= 0.3 is 0 Å². The van der Waals surface area contributed by atoms with Crippen LogP contribution >= 0.6 is 0 Å². The van der Waals surface area contributed by atoms with E-state index in [1.807, 2.05) is 0 Å². The quantitative estimate of drug-likeness (QED) is 0.479. The van der Waals surface area contributed by atoms with Crippen molar-refractivity contribution in [2.24, 2.45) is 17.8 Å². The molecule has 4 rings (SSSR count). The standard InChI is InChI=1S/C25H45N/c1-3-7-12-21(13-8-4-1)14-11-19-26(25-20-22-17-18-24(22)25)23-15-9-5-2-6-10-16-23/h21-25H,1-20H2. The highest BCUT2D eigenvalue weighted by atomic mass is 15.2. The van der Waals surface area contributed by atoms with E-state index >= 15 is 0 Å². The van der Waals surface area contributed by atoms with Crippen molar-refractivity contribution in [3.63, 3.8) is 0 Å².